The van der Waals surface area contributed by atoms with E-state index in [0.717, 1.165) is 31.4 Å². The van der Waals surface area contributed by atoms with Crippen molar-refractivity contribution in [1.82, 2.24) is 4.90 Å². The zero-order chi connectivity index (χ0) is 15.4. The van der Waals surface area contributed by atoms with Crippen LogP contribution in [0.25, 0.3) is 0 Å². The molecule has 1 saturated heterocycles. The molecule has 0 saturated carbocycles. The summed E-state index contributed by atoms with van der Waals surface area (Å²) in [5.41, 5.74) is 5.08. The Balaban J connectivity index is 0.00000242. The summed E-state index contributed by atoms with van der Waals surface area (Å²) in [5, 5.41) is 10.6. The first-order valence-electron chi connectivity index (χ1n) is 6.99. The molecule has 1 amide bonds. The number of hydrogen-bond acceptors (Lipinski definition) is 4. The maximum Gasteiger partial charge on any atom is 0.272 e. The van der Waals surface area contributed by atoms with Gasteiger partial charge in [-0.3, -0.25) is 14.9 Å². The Hall–Kier alpha value is -1.73. The molecule has 1 atom stereocenters. The molecule has 1 heterocycles. The summed E-state index contributed by atoms with van der Waals surface area (Å²) in [6, 6.07) is 3.14. The van der Waals surface area contributed by atoms with E-state index in [1.54, 1.807) is 4.90 Å². The van der Waals surface area contributed by atoms with Crippen LogP contribution in [0.5, 0.6) is 0 Å². The van der Waals surface area contributed by atoms with Crippen LogP contribution in [-0.2, 0) is 0 Å². The molecule has 1 unspecified atom stereocenters. The first-order valence-corrected chi connectivity index (χ1v) is 6.99. The number of benzene rings is 1. The van der Waals surface area contributed by atoms with Crippen molar-refractivity contribution in [3.63, 3.8) is 0 Å². The highest BCUT2D eigenvalue weighted by molar-refractivity contribution is 5.95. The average molecular weight is 332 g/mol. The van der Waals surface area contributed by atoms with E-state index in [4.69, 9.17) is 5.73 Å². The standard InChI is InChI=1S/C14H18FN3O3.ClH/c15-13-9-11(18(20)21)4-5-12(13)14(19)17-8-2-1-3-10(17)6-7-16;/h4-5,9-10H,1-3,6-8,16H2;1H. The lowest BCUT2D eigenvalue weighted by Gasteiger charge is -2.35. The molecule has 1 aromatic carbocycles. The predicted molar refractivity (Wildman–Crippen MR) is 82.6 cm³/mol. The fourth-order valence-corrected chi connectivity index (χ4v) is 2.71. The van der Waals surface area contributed by atoms with Crippen LogP contribution in [-0.4, -0.2) is 34.9 Å². The van der Waals surface area contributed by atoms with Crippen LogP contribution >= 0.6 is 12.4 Å². The maximum atomic E-state index is 14.0. The van der Waals surface area contributed by atoms with Gasteiger partial charge in [-0.25, -0.2) is 4.39 Å². The molecule has 122 valence electrons. The molecule has 0 spiro atoms. The van der Waals surface area contributed by atoms with Gasteiger partial charge in [0.05, 0.1) is 16.6 Å². The molecule has 0 aromatic heterocycles. The average Bonchev–Trinajstić information content (AvgIpc) is 2.47. The van der Waals surface area contributed by atoms with Crippen molar-refractivity contribution < 1.29 is 14.1 Å². The number of nitrogens with two attached hydrogens (primary N) is 1. The largest absolute Gasteiger partial charge is 0.336 e. The van der Waals surface area contributed by atoms with Gasteiger partial charge in [-0.15, -0.1) is 12.4 Å². The minimum atomic E-state index is -0.855. The van der Waals surface area contributed by atoms with Gasteiger partial charge in [0, 0.05) is 18.7 Å². The SMILES string of the molecule is Cl.NCCC1CCCCN1C(=O)c1ccc([N+](=O)[O-])cc1F. The zero-order valence-corrected chi connectivity index (χ0v) is 12.9. The number of rotatable bonds is 4. The number of carbonyl (C=O) groups excluding carboxylic acids is 1. The molecule has 1 aliphatic heterocycles. The lowest BCUT2D eigenvalue weighted by Crippen LogP contribution is -2.44. The second-order valence-electron chi connectivity index (χ2n) is 5.15. The second kappa shape index (κ2) is 8.05. The first kappa shape index (κ1) is 18.3. The Bertz CT molecular complexity index is 554. The third-order valence-corrected chi connectivity index (χ3v) is 3.78. The number of amides is 1. The van der Waals surface area contributed by atoms with Gasteiger partial charge >= 0.3 is 0 Å². The normalized spacial score (nSPS) is 17.7. The van der Waals surface area contributed by atoms with Gasteiger partial charge in [-0.05, 0) is 38.3 Å². The number of carbonyl (C=O) groups is 1. The predicted octanol–water partition coefficient (Wildman–Crippen LogP) is 2.50. The van der Waals surface area contributed by atoms with Crippen molar-refractivity contribution in [2.24, 2.45) is 5.73 Å². The molecule has 1 fully saturated rings. The molecular formula is C14H19ClFN3O3. The molecule has 2 rings (SSSR count). The highest BCUT2D eigenvalue weighted by Gasteiger charge is 2.29. The number of nitro groups is 1. The summed E-state index contributed by atoms with van der Waals surface area (Å²) in [5.74, 6) is -1.27. The summed E-state index contributed by atoms with van der Waals surface area (Å²) < 4.78 is 14.0. The van der Waals surface area contributed by atoms with E-state index in [9.17, 15) is 19.3 Å². The van der Waals surface area contributed by atoms with Gasteiger partial charge in [-0.2, -0.15) is 0 Å². The fraction of sp³-hybridized carbons (Fsp3) is 0.500. The van der Waals surface area contributed by atoms with Crippen LogP contribution in [0.3, 0.4) is 0 Å². The van der Waals surface area contributed by atoms with Crippen LogP contribution in [0.2, 0.25) is 0 Å². The zero-order valence-electron chi connectivity index (χ0n) is 12.0. The molecule has 6 nitrogen and oxygen atoms in total. The Kier molecular flexibility index (Phi) is 6.70. The maximum absolute atomic E-state index is 14.0. The van der Waals surface area contributed by atoms with Crippen LogP contribution in [0.15, 0.2) is 18.2 Å². The molecule has 1 aliphatic rings. The van der Waals surface area contributed by atoms with Crippen LogP contribution in [0.1, 0.15) is 36.0 Å². The number of hydrogen-bond donors (Lipinski definition) is 1. The fourth-order valence-electron chi connectivity index (χ4n) is 2.71. The number of non-ortho nitro benzene ring substituents is 1. The van der Waals surface area contributed by atoms with E-state index in [2.05, 4.69) is 0 Å². The molecule has 0 aliphatic carbocycles. The third kappa shape index (κ3) is 3.92. The van der Waals surface area contributed by atoms with E-state index >= 15 is 0 Å². The smallest absolute Gasteiger partial charge is 0.272 e. The Labute approximate surface area is 134 Å². The van der Waals surface area contributed by atoms with E-state index < -0.39 is 16.6 Å². The summed E-state index contributed by atoms with van der Waals surface area (Å²) in [4.78, 5) is 24.0. The Morgan fingerprint density at radius 3 is 2.77 bits per heavy atom. The quantitative estimate of drug-likeness (QED) is 0.678. The molecule has 8 heteroatoms. The van der Waals surface area contributed by atoms with Gasteiger partial charge in [-0.1, -0.05) is 0 Å². The highest BCUT2D eigenvalue weighted by atomic mass is 35.5. The lowest BCUT2D eigenvalue weighted by molar-refractivity contribution is -0.385. The number of piperidine rings is 1. The molecular weight excluding hydrogens is 313 g/mol. The topological polar surface area (TPSA) is 89.5 Å². The highest BCUT2D eigenvalue weighted by Crippen LogP contribution is 2.24. The molecule has 0 radical (unpaired) electrons. The summed E-state index contributed by atoms with van der Waals surface area (Å²) in [6.07, 6.45) is 3.44. The summed E-state index contributed by atoms with van der Waals surface area (Å²) in [7, 11) is 0. The number of halogens is 2. The van der Waals surface area contributed by atoms with Crippen LogP contribution < -0.4 is 5.73 Å². The van der Waals surface area contributed by atoms with E-state index in [1.807, 2.05) is 0 Å². The van der Waals surface area contributed by atoms with Crippen molar-refractivity contribution in [2.75, 3.05) is 13.1 Å². The van der Waals surface area contributed by atoms with Gasteiger partial charge < -0.3 is 10.6 Å². The van der Waals surface area contributed by atoms with E-state index in [-0.39, 0.29) is 29.7 Å². The molecule has 0 bridgehead atoms. The van der Waals surface area contributed by atoms with E-state index in [1.165, 1.54) is 6.07 Å². The second-order valence-corrected chi connectivity index (χ2v) is 5.15. The van der Waals surface area contributed by atoms with Crippen LogP contribution in [0, 0.1) is 15.9 Å². The van der Waals surface area contributed by atoms with Gasteiger partial charge in [0.25, 0.3) is 11.6 Å². The van der Waals surface area contributed by atoms with Gasteiger partial charge in [0.2, 0.25) is 0 Å². The van der Waals surface area contributed by atoms with E-state index in [0.29, 0.717) is 19.5 Å². The molecule has 1 aromatic rings. The van der Waals surface area contributed by atoms with Crippen molar-refractivity contribution in [3.8, 4) is 0 Å². The number of likely N-dealkylation sites (tertiary alicyclic amines) is 1. The minimum absolute atomic E-state index is 0. The van der Waals surface area contributed by atoms with Crippen molar-refractivity contribution in [2.45, 2.75) is 31.7 Å². The Morgan fingerprint density at radius 1 is 1.45 bits per heavy atom. The lowest BCUT2D eigenvalue weighted by atomic mass is 9.98. The van der Waals surface area contributed by atoms with Crippen LogP contribution in [0.4, 0.5) is 10.1 Å². The number of nitro benzene ring substituents is 1. The first-order chi connectivity index (χ1) is 10.0. The van der Waals surface area contributed by atoms with Crippen molar-refractivity contribution >= 4 is 24.0 Å². The molecule has 22 heavy (non-hydrogen) atoms. The monoisotopic (exact) mass is 331 g/mol. The van der Waals surface area contributed by atoms with Crippen molar-refractivity contribution in [1.29, 1.82) is 0 Å². The molecule has 2 N–H and O–H groups in total. The summed E-state index contributed by atoms with van der Waals surface area (Å²) >= 11 is 0. The number of nitrogens with zero attached hydrogens (tertiary/aromatic N) is 2. The minimum Gasteiger partial charge on any atom is -0.336 e. The summed E-state index contributed by atoms with van der Waals surface area (Å²) in [6.45, 7) is 1.04. The van der Waals surface area contributed by atoms with Gasteiger partial charge in [0.15, 0.2) is 0 Å². The van der Waals surface area contributed by atoms with Gasteiger partial charge in [0.1, 0.15) is 5.82 Å². The Morgan fingerprint density at radius 2 is 2.18 bits per heavy atom. The van der Waals surface area contributed by atoms with Crippen molar-refractivity contribution in [3.05, 3.63) is 39.7 Å². The third-order valence-electron chi connectivity index (χ3n) is 3.78.